The molecular weight excluding hydrogens is 418 g/mol. The molecule has 0 radical (unpaired) electrons. The fourth-order valence-electron chi connectivity index (χ4n) is 4.83. The largest absolute Gasteiger partial charge is 0.484 e. The highest BCUT2D eigenvalue weighted by Crippen LogP contribution is 2.28. The topological polar surface area (TPSA) is 82.1 Å². The maximum absolute atomic E-state index is 12.4. The number of carboxylic acid groups (broad SMARTS) is 1. The molecule has 0 bridgehead atoms. The quantitative estimate of drug-likeness (QED) is 0.658. The lowest BCUT2D eigenvalue weighted by molar-refractivity contribution is -0.118. The molecule has 0 unspecified atom stereocenters. The second-order valence-corrected chi connectivity index (χ2v) is 9.00. The molecule has 0 saturated carbocycles. The molecule has 2 aliphatic heterocycles. The summed E-state index contributed by atoms with van der Waals surface area (Å²) in [5.74, 6) is -0.851. The molecule has 2 aromatic carbocycles. The first-order chi connectivity index (χ1) is 16.0. The zero-order chi connectivity index (χ0) is 23.2. The number of piperidine rings is 2. The van der Waals surface area contributed by atoms with E-state index in [-0.39, 0.29) is 17.9 Å². The Morgan fingerprint density at radius 3 is 2.48 bits per heavy atom. The van der Waals surface area contributed by atoms with E-state index in [1.165, 1.54) is 32.4 Å². The molecule has 2 aromatic rings. The van der Waals surface area contributed by atoms with Crippen molar-refractivity contribution in [1.29, 1.82) is 0 Å². The van der Waals surface area contributed by atoms with Crippen molar-refractivity contribution in [2.24, 2.45) is 0 Å². The number of aryl methyl sites for hydroxylation is 1. The van der Waals surface area contributed by atoms with Gasteiger partial charge in [-0.25, -0.2) is 4.79 Å². The van der Waals surface area contributed by atoms with Crippen LogP contribution in [0.5, 0.6) is 5.75 Å². The van der Waals surface area contributed by atoms with E-state index in [0.717, 1.165) is 37.2 Å². The molecule has 33 heavy (non-hydrogen) atoms. The molecule has 176 valence electrons. The second kappa shape index (κ2) is 10.7. The number of likely N-dealkylation sites (tertiary alicyclic amines) is 1. The summed E-state index contributed by atoms with van der Waals surface area (Å²) in [5.41, 5.74) is 2.30. The molecule has 2 N–H and O–H groups in total. The van der Waals surface area contributed by atoms with Gasteiger partial charge in [0.05, 0.1) is 11.3 Å². The molecule has 0 aromatic heterocycles. The van der Waals surface area contributed by atoms with Gasteiger partial charge in [-0.15, -0.1) is 0 Å². The van der Waals surface area contributed by atoms with Crippen molar-refractivity contribution >= 4 is 23.3 Å². The summed E-state index contributed by atoms with van der Waals surface area (Å²) >= 11 is 0. The Hall–Kier alpha value is -3.06. The van der Waals surface area contributed by atoms with Gasteiger partial charge in [-0.1, -0.05) is 18.6 Å². The SMILES string of the molecule is Cc1cccc(OCC(=O)Nc2ccc(N3CCC(N4CCCCC4)CC3)cc2C(=O)O)c1. The Kier molecular flexibility index (Phi) is 7.50. The molecule has 2 aliphatic rings. The van der Waals surface area contributed by atoms with E-state index in [1.54, 1.807) is 18.2 Å². The van der Waals surface area contributed by atoms with E-state index in [0.29, 0.717) is 11.8 Å². The van der Waals surface area contributed by atoms with Gasteiger partial charge in [0.25, 0.3) is 5.91 Å². The van der Waals surface area contributed by atoms with Crippen LogP contribution in [0.25, 0.3) is 0 Å². The van der Waals surface area contributed by atoms with Gasteiger partial charge in [-0.05, 0) is 81.6 Å². The maximum Gasteiger partial charge on any atom is 0.337 e. The molecule has 0 spiro atoms. The highest BCUT2D eigenvalue weighted by molar-refractivity contribution is 6.01. The van der Waals surface area contributed by atoms with Crippen molar-refractivity contribution in [2.45, 2.75) is 45.1 Å². The third-order valence-electron chi connectivity index (χ3n) is 6.60. The first-order valence-electron chi connectivity index (χ1n) is 11.9. The van der Waals surface area contributed by atoms with Crippen LogP contribution in [0.15, 0.2) is 42.5 Å². The first kappa shape index (κ1) is 23.1. The number of carboxylic acids is 1. The number of carbonyl (C=O) groups is 2. The monoisotopic (exact) mass is 451 g/mol. The standard InChI is InChI=1S/C26H33N3O4/c1-19-6-5-7-22(16-19)33-18-25(30)27-24-9-8-21(17-23(24)26(31)32)29-14-10-20(11-15-29)28-12-3-2-4-13-28/h5-9,16-17,20H,2-4,10-15,18H2,1H3,(H,27,30)(H,31,32). The van der Waals surface area contributed by atoms with Crippen LogP contribution in [0.4, 0.5) is 11.4 Å². The fraction of sp³-hybridized carbons (Fsp3) is 0.462. The smallest absolute Gasteiger partial charge is 0.337 e. The van der Waals surface area contributed by atoms with Crippen LogP contribution >= 0.6 is 0 Å². The number of anilines is 2. The molecule has 4 rings (SSSR count). The average molecular weight is 452 g/mol. The molecule has 2 saturated heterocycles. The van der Waals surface area contributed by atoms with E-state index in [1.807, 2.05) is 31.2 Å². The molecule has 2 heterocycles. The lowest BCUT2D eigenvalue weighted by Crippen LogP contribution is -2.46. The first-order valence-corrected chi connectivity index (χ1v) is 11.9. The predicted molar refractivity (Wildman–Crippen MR) is 129 cm³/mol. The van der Waals surface area contributed by atoms with E-state index >= 15 is 0 Å². The number of hydrogen-bond acceptors (Lipinski definition) is 5. The van der Waals surface area contributed by atoms with Gasteiger partial charge in [0.1, 0.15) is 5.75 Å². The zero-order valence-corrected chi connectivity index (χ0v) is 19.3. The van der Waals surface area contributed by atoms with Crippen LogP contribution in [0.1, 0.15) is 48.0 Å². The lowest BCUT2D eigenvalue weighted by atomic mass is 9.99. The average Bonchev–Trinajstić information content (AvgIpc) is 2.84. The molecule has 7 nitrogen and oxygen atoms in total. The van der Waals surface area contributed by atoms with Gasteiger partial charge >= 0.3 is 5.97 Å². The summed E-state index contributed by atoms with van der Waals surface area (Å²) in [6.07, 6.45) is 6.12. The third-order valence-corrected chi connectivity index (χ3v) is 6.60. The Labute approximate surface area is 195 Å². The van der Waals surface area contributed by atoms with Crippen molar-refractivity contribution < 1.29 is 19.4 Å². The summed E-state index contributed by atoms with van der Waals surface area (Å²) in [6, 6.07) is 13.3. The number of rotatable bonds is 7. The van der Waals surface area contributed by atoms with Crippen molar-refractivity contribution in [3.05, 3.63) is 53.6 Å². The van der Waals surface area contributed by atoms with E-state index in [4.69, 9.17) is 4.74 Å². The number of aromatic carboxylic acids is 1. The molecular formula is C26H33N3O4. The number of hydrogen-bond donors (Lipinski definition) is 2. The Morgan fingerprint density at radius 1 is 1.03 bits per heavy atom. The summed E-state index contributed by atoms with van der Waals surface area (Å²) in [5, 5.41) is 12.4. The Morgan fingerprint density at radius 2 is 1.79 bits per heavy atom. The van der Waals surface area contributed by atoms with Crippen LogP contribution in [-0.4, -0.2) is 60.7 Å². The summed E-state index contributed by atoms with van der Waals surface area (Å²) in [6.45, 7) is 6.00. The summed E-state index contributed by atoms with van der Waals surface area (Å²) in [7, 11) is 0. The van der Waals surface area contributed by atoms with Gasteiger partial charge in [0.15, 0.2) is 6.61 Å². The minimum absolute atomic E-state index is 0.0922. The zero-order valence-electron chi connectivity index (χ0n) is 19.3. The number of ether oxygens (including phenoxy) is 1. The highest BCUT2D eigenvalue weighted by Gasteiger charge is 2.26. The van der Waals surface area contributed by atoms with E-state index in [9.17, 15) is 14.7 Å². The van der Waals surface area contributed by atoms with E-state index in [2.05, 4.69) is 15.1 Å². The van der Waals surface area contributed by atoms with E-state index < -0.39 is 11.9 Å². The van der Waals surface area contributed by atoms with Crippen LogP contribution in [0.3, 0.4) is 0 Å². The molecule has 2 fully saturated rings. The summed E-state index contributed by atoms with van der Waals surface area (Å²) < 4.78 is 5.53. The Bertz CT molecular complexity index is 979. The highest BCUT2D eigenvalue weighted by atomic mass is 16.5. The molecule has 1 amide bonds. The molecule has 0 aliphatic carbocycles. The number of nitrogens with zero attached hydrogens (tertiary/aromatic N) is 2. The number of benzene rings is 2. The maximum atomic E-state index is 12.4. The van der Waals surface area contributed by atoms with Crippen LogP contribution in [0, 0.1) is 6.92 Å². The predicted octanol–water partition coefficient (Wildman–Crippen LogP) is 4.17. The Balaban J connectivity index is 1.36. The minimum atomic E-state index is -1.06. The van der Waals surface area contributed by atoms with Gasteiger partial charge in [-0.3, -0.25) is 4.79 Å². The van der Waals surface area contributed by atoms with Gasteiger partial charge in [0, 0.05) is 24.8 Å². The van der Waals surface area contributed by atoms with Crippen LogP contribution in [0.2, 0.25) is 0 Å². The molecule has 0 atom stereocenters. The second-order valence-electron chi connectivity index (χ2n) is 9.00. The van der Waals surface area contributed by atoms with Crippen LogP contribution < -0.4 is 15.0 Å². The summed E-state index contributed by atoms with van der Waals surface area (Å²) in [4.78, 5) is 29.2. The van der Waals surface area contributed by atoms with Crippen LogP contribution in [-0.2, 0) is 4.79 Å². The van der Waals surface area contributed by atoms with Crippen molar-refractivity contribution in [1.82, 2.24) is 4.90 Å². The minimum Gasteiger partial charge on any atom is -0.484 e. The van der Waals surface area contributed by atoms with Crippen molar-refractivity contribution in [3.8, 4) is 5.75 Å². The fourth-order valence-corrected chi connectivity index (χ4v) is 4.83. The number of amides is 1. The lowest BCUT2D eigenvalue weighted by Gasteiger charge is -2.41. The molecule has 7 heteroatoms. The number of nitrogens with one attached hydrogen (secondary N) is 1. The van der Waals surface area contributed by atoms with Gasteiger partial charge in [-0.2, -0.15) is 0 Å². The third kappa shape index (κ3) is 6.05. The number of carbonyl (C=O) groups excluding carboxylic acids is 1. The van der Waals surface area contributed by atoms with Crippen molar-refractivity contribution in [3.63, 3.8) is 0 Å². The van der Waals surface area contributed by atoms with Gasteiger partial charge < -0.3 is 25.0 Å². The van der Waals surface area contributed by atoms with Crippen molar-refractivity contribution in [2.75, 3.05) is 43.0 Å². The normalized spacial score (nSPS) is 17.5. The van der Waals surface area contributed by atoms with Gasteiger partial charge in [0.2, 0.25) is 0 Å².